The van der Waals surface area contributed by atoms with Gasteiger partial charge in [0.25, 0.3) is 0 Å². The third-order valence-electron chi connectivity index (χ3n) is 3.93. The van der Waals surface area contributed by atoms with Gasteiger partial charge in [-0.25, -0.2) is 12.8 Å². The molecule has 23 heavy (non-hydrogen) atoms. The van der Waals surface area contributed by atoms with Crippen LogP contribution in [0.1, 0.15) is 17.7 Å². The van der Waals surface area contributed by atoms with Crippen LogP contribution in [0.2, 0.25) is 0 Å². The number of ether oxygens (including phenoxy) is 1. The van der Waals surface area contributed by atoms with Gasteiger partial charge in [0.15, 0.2) is 0 Å². The Morgan fingerprint density at radius 2 is 1.83 bits per heavy atom. The average Bonchev–Trinajstić information content (AvgIpc) is 2.71. The molecule has 0 aliphatic carbocycles. The number of anilines is 1. The lowest BCUT2D eigenvalue weighted by atomic mass is 10.3. The maximum atomic E-state index is 13.0. The summed E-state index contributed by atoms with van der Waals surface area (Å²) in [5.41, 5.74) is 7.53. The summed E-state index contributed by atoms with van der Waals surface area (Å²) in [6.07, 6.45) is 0.728. The average molecular weight is 340 g/mol. The monoisotopic (exact) mass is 340 g/mol. The van der Waals surface area contributed by atoms with Gasteiger partial charge in [-0.2, -0.15) is 0 Å². The molecule has 0 saturated heterocycles. The summed E-state index contributed by atoms with van der Waals surface area (Å²) in [4.78, 5) is 0.127. The van der Waals surface area contributed by atoms with E-state index >= 15 is 0 Å². The Morgan fingerprint density at radius 1 is 1.22 bits per heavy atom. The molecule has 0 saturated carbocycles. The highest BCUT2D eigenvalue weighted by atomic mass is 32.2. The summed E-state index contributed by atoms with van der Waals surface area (Å²) in [6.45, 7) is 4.71. The Hall–Kier alpha value is -1.86. The first-order valence-corrected chi connectivity index (χ1v) is 8.73. The van der Waals surface area contributed by atoms with Crippen LogP contribution in [0, 0.1) is 19.7 Å². The Morgan fingerprint density at radius 3 is 2.39 bits per heavy atom. The normalized spacial score (nSPS) is 11.8. The molecule has 1 heterocycles. The minimum atomic E-state index is -3.79. The molecule has 0 unspecified atom stereocenters. The molecule has 1 aromatic heterocycles. The third-order valence-corrected chi connectivity index (χ3v) is 5.88. The van der Waals surface area contributed by atoms with Crippen LogP contribution in [-0.4, -0.2) is 26.7 Å². The summed E-state index contributed by atoms with van der Waals surface area (Å²) in [5, 5.41) is 0. The fraction of sp³-hybridized carbons (Fsp3) is 0.375. The van der Waals surface area contributed by atoms with Crippen molar-refractivity contribution in [1.82, 2.24) is 4.57 Å². The van der Waals surface area contributed by atoms with E-state index in [4.69, 9.17) is 10.5 Å². The molecule has 0 bridgehead atoms. The maximum absolute atomic E-state index is 13.0. The zero-order valence-corrected chi connectivity index (χ0v) is 14.3. The smallest absolute Gasteiger partial charge is 0.210 e. The largest absolute Gasteiger partial charge is 0.385 e. The van der Waals surface area contributed by atoms with E-state index in [1.807, 2.05) is 6.92 Å². The van der Waals surface area contributed by atoms with Crippen LogP contribution < -0.4 is 5.73 Å². The number of methoxy groups -OCH3 is 1. The van der Waals surface area contributed by atoms with Crippen LogP contribution >= 0.6 is 0 Å². The van der Waals surface area contributed by atoms with E-state index in [9.17, 15) is 12.8 Å². The van der Waals surface area contributed by atoms with Gasteiger partial charge >= 0.3 is 0 Å². The molecule has 0 amide bonds. The van der Waals surface area contributed by atoms with Crippen LogP contribution in [-0.2, 0) is 21.1 Å². The standard InChI is InChI=1S/C16H21FN2O3S/c1-11-12(2)19(9-4-10-22-3)16(18)15(11)23(20,21)14-7-5-13(17)6-8-14/h5-8H,4,9-10,18H2,1-3H3. The lowest BCUT2D eigenvalue weighted by molar-refractivity contribution is 0.190. The Balaban J connectivity index is 2.50. The van der Waals surface area contributed by atoms with Gasteiger partial charge in [-0.1, -0.05) is 0 Å². The van der Waals surface area contributed by atoms with Gasteiger partial charge in [-0.05, 0) is 50.1 Å². The van der Waals surface area contributed by atoms with Crippen molar-refractivity contribution in [3.05, 3.63) is 41.3 Å². The van der Waals surface area contributed by atoms with Crippen molar-refractivity contribution in [2.75, 3.05) is 19.5 Å². The van der Waals surface area contributed by atoms with E-state index in [1.54, 1.807) is 18.6 Å². The molecule has 2 aromatic rings. The van der Waals surface area contributed by atoms with Gasteiger partial charge in [-0.15, -0.1) is 0 Å². The quantitative estimate of drug-likeness (QED) is 0.648. The number of aromatic nitrogens is 1. The Labute approximate surface area is 135 Å². The van der Waals surface area contributed by atoms with Gasteiger partial charge in [0.2, 0.25) is 9.84 Å². The topological polar surface area (TPSA) is 74.3 Å². The molecule has 0 spiro atoms. The van der Waals surface area contributed by atoms with Gasteiger partial charge < -0.3 is 15.0 Å². The van der Waals surface area contributed by atoms with Crippen molar-refractivity contribution in [1.29, 1.82) is 0 Å². The molecule has 2 rings (SSSR count). The second-order valence-electron chi connectivity index (χ2n) is 5.38. The van der Waals surface area contributed by atoms with E-state index in [2.05, 4.69) is 0 Å². The minimum Gasteiger partial charge on any atom is -0.385 e. The number of nitrogens with two attached hydrogens (primary N) is 1. The predicted octanol–water partition coefficient (Wildman–Crippen LogP) is 2.70. The van der Waals surface area contributed by atoms with Crippen LogP contribution in [0.3, 0.4) is 0 Å². The Kier molecular flexibility index (Phi) is 5.11. The van der Waals surface area contributed by atoms with E-state index in [0.717, 1.165) is 24.2 Å². The van der Waals surface area contributed by atoms with Gasteiger partial charge in [-0.3, -0.25) is 0 Å². The molecule has 0 aliphatic rings. The molecule has 0 atom stereocenters. The highest BCUT2D eigenvalue weighted by Crippen LogP contribution is 2.33. The molecule has 7 heteroatoms. The van der Waals surface area contributed by atoms with Gasteiger partial charge in [0.1, 0.15) is 16.5 Å². The molecular weight excluding hydrogens is 319 g/mol. The number of rotatable bonds is 6. The SMILES string of the molecule is COCCCn1c(C)c(C)c(S(=O)(=O)c2ccc(F)cc2)c1N. The van der Waals surface area contributed by atoms with Crippen LogP contribution in [0.5, 0.6) is 0 Å². The second-order valence-corrected chi connectivity index (χ2v) is 7.27. The first-order chi connectivity index (χ1) is 10.8. The molecular formula is C16H21FN2O3S. The van der Waals surface area contributed by atoms with E-state index < -0.39 is 15.7 Å². The molecule has 126 valence electrons. The minimum absolute atomic E-state index is 0.0303. The van der Waals surface area contributed by atoms with Crippen molar-refractivity contribution >= 4 is 15.7 Å². The highest BCUT2D eigenvalue weighted by molar-refractivity contribution is 7.91. The fourth-order valence-corrected chi connectivity index (χ4v) is 4.25. The molecule has 2 N–H and O–H groups in total. The number of halogens is 1. The van der Waals surface area contributed by atoms with Crippen molar-refractivity contribution in [2.24, 2.45) is 0 Å². The van der Waals surface area contributed by atoms with Gasteiger partial charge in [0, 0.05) is 26.0 Å². The highest BCUT2D eigenvalue weighted by Gasteiger charge is 2.28. The predicted molar refractivity (Wildman–Crippen MR) is 86.7 cm³/mol. The number of sulfone groups is 1. The maximum Gasteiger partial charge on any atom is 0.210 e. The number of hydrogen-bond donors (Lipinski definition) is 1. The first kappa shape index (κ1) is 17.5. The zero-order valence-electron chi connectivity index (χ0n) is 13.5. The number of benzene rings is 1. The third kappa shape index (κ3) is 3.25. The van der Waals surface area contributed by atoms with E-state index in [-0.39, 0.29) is 15.6 Å². The summed E-state index contributed by atoms with van der Waals surface area (Å²) in [7, 11) is -2.18. The second kappa shape index (κ2) is 6.72. The van der Waals surface area contributed by atoms with Gasteiger partial charge in [0.05, 0.1) is 4.90 Å². The lowest BCUT2D eigenvalue weighted by Crippen LogP contribution is -2.09. The van der Waals surface area contributed by atoms with E-state index in [1.165, 1.54) is 12.1 Å². The number of nitrogen functional groups attached to an aromatic ring is 1. The van der Waals surface area contributed by atoms with Crippen LogP contribution in [0.25, 0.3) is 0 Å². The zero-order chi connectivity index (χ0) is 17.2. The van der Waals surface area contributed by atoms with Crippen LogP contribution in [0.4, 0.5) is 10.2 Å². The van der Waals surface area contributed by atoms with Crippen LogP contribution in [0.15, 0.2) is 34.1 Å². The van der Waals surface area contributed by atoms with Crippen molar-refractivity contribution in [3.63, 3.8) is 0 Å². The molecule has 0 radical (unpaired) electrons. The molecule has 0 fully saturated rings. The van der Waals surface area contributed by atoms with Crippen molar-refractivity contribution in [2.45, 2.75) is 36.6 Å². The van der Waals surface area contributed by atoms with E-state index in [0.29, 0.717) is 18.7 Å². The molecule has 5 nitrogen and oxygen atoms in total. The number of hydrogen-bond acceptors (Lipinski definition) is 4. The first-order valence-electron chi connectivity index (χ1n) is 7.25. The summed E-state index contributed by atoms with van der Waals surface area (Å²) >= 11 is 0. The lowest BCUT2D eigenvalue weighted by Gasteiger charge is -2.09. The summed E-state index contributed by atoms with van der Waals surface area (Å²) in [5.74, 6) is -0.276. The molecule has 1 aromatic carbocycles. The Bertz CT molecular complexity index is 796. The van der Waals surface area contributed by atoms with Crippen molar-refractivity contribution in [3.8, 4) is 0 Å². The summed E-state index contributed by atoms with van der Waals surface area (Å²) < 4.78 is 45.5. The number of nitrogens with zero attached hydrogens (tertiary/aromatic N) is 1. The molecule has 0 aliphatic heterocycles. The van der Waals surface area contributed by atoms with Crippen molar-refractivity contribution < 1.29 is 17.5 Å². The summed E-state index contributed by atoms with van der Waals surface area (Å²) in [6, 6.07) is 4.75. The fourth-order valence-electron chi connectivity index (χ4n) is 2.59.